The van der Waals surface area contributed by atoms with Crippen molar-refractivity contribution < 1.29 is 37.0 Å². The molecule has 0 saturated carbocycles. The number of Topliss-reactive ketones (excluding diaryl/α,β-unsaturated/α-hetero) is 1. The van der Waals surface area contributed by atoms with Gasteiger partial charge in [-0.25, -0.2) is 4.39 Å². The van der Waals surface area contributed by atoms with E-state index in [9.17, 15) is 27.6 Å². The van der Waals surface area contributed by atoms with E-state index in [2.05, 4.69) is 10.1 Å². The molecule has 0 saturated heterocycles. The fourth-order valence-corrected chi connectivity index (χ4v) is 1.98. The van der Waals surface area contributed by atoms with Gasteiger partial charge in [-0.1, -0.05) is 6.07 Å². The molecule has 2 aromatic carbocycles. The molecule has 1 amide bonds. The van der Waals surface area contributed by atoms with Crippen LogP contribution in [0.1, 0.15) is 20.7 Å². The fourth-order valence-electron chi connectivity index (χ4n) is 1.98. The second kappa shape index (κ2) is 9.37. The van der Waals surface area contributed by atoms with E-state index in [1.54, 1.807) is 0 Å². The topological polar surface area (TPSA) is 81.7 Å². The molecule has 1 N–H and O–H groups in total. The van der Waals surface area contributed by atoms with Crippen molar-refractivity contribution in [1.82, 2.24) is 5.32 Å². The molecule has 0 aromatic heterocycles. The maximum Gasteiger partial charge on any atom is 0.387 e. The summed E-state index contributed by atoms with van der Waals surface area (Å²) in [4.78, 5) is 35.3. The number of carbonyl (C=O) groups excluding carboxylic acids is 3. The molecule has 0 unspecified atom stereocenters. The van der Waals surface area contributed by atoms with Gasteiger partial charge < -0.3 is 14.8 Å². The molecule has 0 heterocycles. The van der Waals surface area contributed by atoms with Crippen molar-refractivity contribution in [1.29, 1.82) is 0 Å². The van der Waals surface area contributed by atoms with Gasteiger partial charge in [0.15, 0.2) is 12.4 Å². The molecule has 27 heavy (non-hydrogen) atoms. The Hall–Kier alpha value is -3.36. The van der Waals surface area contributed by atoms with Gasteiger partial charge in [-0.3, -0.25) is 14.4 Å². The van der Waals surface area contributed by atoms with Gasteiger partial charge in [0.2, 0.25) is 0 Å². The van der Waals surface area contributed by atoms with Crippen LogP contribution < -0.4 is 10.1 Å². The van der Waals surface area contributed by atoms with Crippen LogP contribution in [0.4, 0.5) is 13.2 Å². The van der Waals surface area contributed by atoms with Crippen LogP contribution in [-0.4, -0.2) is 37.4 Å². The van der Waals surface area contributed by atoms with Crippen molar-refractivity contribution >= 4 is 17.7 Å². The normalized spacial score (nSPS) is 10.4. The number of nitrogens with one attached hydrogen (secondary N) is 1. The zero-order valence-electron chi connectivity index (χ0n) is 13.8. The lowest BCUT2D eigenvalue weighted by molar-refractivity contribution is -0.141. The number of ketones is 1. The molecule has 0 aliphatic carbocycles. The minimum Gasteiger partial charge on any atom is -0.456 e. The molecular formula is C18H14F3NO5. The van der Waals surface area contributed by atoms with E-state index in [0.717, 1.165) is 18.2 Å². The molecular weight excluding hydrogens is 367 g/mol. The summed E-state index contributed by atoms with van der Waals surface area (Å²) in [6, 6.07) is 9.72. The van der Waals surface area contributed by atoms with Crippen molar-refractivity contribution in [3.05, 3.63) is 65.5 Å². The van der Waals surface area contributed by atoms with Crippen molar-refractivity contribution in [2.24, 2.45) is 0 Å². The quantitative estimate of drug-likeness (QED) is 0.562. The van der Waals surface area contributed by atoms with E-state index in [4.69, 9.17) is 4.74 Å². The van der Waals surface area contributed by atoms with Crippen LogP contribution in [-0.2, 0) is 9.53 Å². The Balaban J connectivity index is 1.80. The van der Waals surface area contributed by atoms with E-state index >= 15 is 0 Å². The Bertz CT molecular complexity index is 824. The minimum absolute atomic E-state index is 0.00309. The van der Waals surface area contributed by atoms with Crippen LogP contribution in [0.5, 0.6) is 5.75 Å². The average Bonchev–Trinajstić information content (AvgIpc) is 2.64. The second-order valence-corrected chi connectivity index (χ2v) is 5.18. The highest BCUT2D eigenvalue weighted by atomic mass is 19.3. The second-order valence-electron chi connectivity index (χ2n) is 5.18. The number of hydrogen-bond donors (Lipinski definition) is 1. The number of ether oxygens (including phenoxy) is 2. The predicted octanol–water partition coefficient (Wildman–Crippen LogP) is 2.58. The van der Waals surface area contributed by atoms with Crippen LogP contribution in [0.3, 0.4) is 0 Å². The molecule has 0 aliphatic rings. The molecule has 0 spiro atoms. The first-order valence-electron chi connectivity index (χ1n) is 7.62. The molecule has 142 valence electrons. The zero-order chi connectivity index (χ0) is 19.8. The Kier molecular flexibility index (Phi) is 6.93. The highest BCUT2D eigenvalue weighted by Crippen LogP contribution is 2.15. The molecule has 0 aliphatic heterocycles. The van der Waals surface area contributed by atoms with Gasteiger partial charge >= 0.3 is 12.6 Å². The third-order valence-corrected chi connectivity index (χ3v) is 3.25. The minimum atomic E-state index is -3.03. The molecule has 6 nitrogen and oxygen atoms in total. The molecule has 9 heteroatoms. The Labute approximate surface area is 151 Å². The largest absolute Gasteiger partial charge is 0.456 e. The van der Waals surface area contributed by atoms with Gasteiger partial charge in [0.1, 0.15) is 18.1 Å². The van der Waals surface area contributed by atoms with Crippen molar-refractivity contribution in [3.8, 4) is 5.75 Å². The van der Waals surface area contributed by atoms with Crippen LogP contribution >= 0.6 is 0 Å². The monoisotopic (exact) mass is 381 g/mol. The molecule has 0 bridgehead atoms. The van der Waals surface area contributed by atoms with Crippen molar-refractivity contribution in [2.75, 3.05) is 13.2 Å². The Morgan fingerprint density at radius 3 is 2.37 bits per heavy atom. The van der Waals surface area contributed by atoms with Crippen molar-refractivity contribution in [2.45, 2.75) is 6.61 Å². The smallest absolute Gasteiger partial charge is 0.387 e. The number of benzene rings is 2. The summed E-state index contributed by atoms with van der Waals surface area (Å²) in [6.45, 7) is -4.13. The zero-order valence-corrected chi connectivity index (χ0v) is 13.8. The number of hydrogen-bond acceptors (Lipinski definition) is 5. The molecule has 2 rings (SSSR count). The Morgan fingerprint density at radius 1 is 1.00 bits per heavy atom. The average molecular weight is 381 g/mol. The molecule has 0 radical (unpaired) electrons. The van der Waals surface area contributed by atoms with Crippen LogP contribution in [0.2, 0.25) is 0 Å². The lowest BCUT2D eigenvalue weighted by atomic mass is 10.1. The van der Waals surface area contributed by atoms with Gasteiger partial charge in [-0.05, 0) is 42.5 Å². The third kappa shape index (κ3) is 6.46. The molecule has 0 fully saturated rings. The van der Waals surface area contributed by atoms with Gasteiger partial charge in [-0.2, -0.15) is 8.78 Å². The van der Waals surface area contributed by atoms with Gasteiger partial charge in [-0.15, -0.1) is 0 Å². The predicted molar refractivity (Wildman–Crippen MR) is 87.1 cm³/mol. The van der Waals surface area contributed by atoms with E-state index in [1.807, 2.05) is 0 Å². The lowest BCUT2D eigenvalue weighted by Crippen LogP contribution is -2.31. The van der Waals surface area contributed by atoms with Gasteiger partial charge in [0, 0.05) is 11.1 Å². The van der Waals surface area contributed by atoms with Crippen LogP contribution in [0.15, 0.2) is 48.5 Å². The van der Waals surface area contributed by atoms with E-state index in [0.29, 0.717) is 0 Å². The van der Waals surface area contributed by atoms with Gasteiger partial charge in [0.25, 0.3) is 5.91 Å². The van der Waals surface area contributed by atoms with E-state index < -0.39 is 43.2 Å². The summed E-state index contributed by atoms with van der Waals surface area (Å²) in [5, 5.41) is 2.23. The number of amides is 1. The highest BCUT2D eigenvalue weighted by Gasteiger charge is 2.13. The van der Waals surface area contributed by atoms with E-state index in [1.165, 1.54) is 30.3 Å². The number of alkyl halides is 2. The van der Waals surface area contributed by atoms with E-state index in [-0.39, 0.29) is 16.9 Å². The van der Waals surface area contributed by atoms with Gasteiger partial charge in [0.05, 0.1) is 0 Å². The number of halogens is 3. The maximum absolute atomic E-state index is 12.8. The van der Waals surface area contributed by atoms with Crippen LogP contribution in [0.25, 0.3) is 0 Å². The maximum atomic E-state index is 12.8. The van der Waals surface area contributed by atoms with Crippen LogP contribution in [0, 0.1) is 5.82 Å². The third-order valence-electron chi connectivity index (χ3n) is 3.25. The summed E-state index contributed by atoms with van der Waals surface area (Å²) in [5.41, 5.74) is 0.174. The summed E-state index contributed by atoms with van der Waals surface area (Å²) in [6.07, 6.45) is 0. The summed E-state index contributed by atoms with van der Waals surface area (Å²) in [7, 11) is 0. The molecule has 2 aromatic rings. The SMILES string of the molecule is O=C(CNC(=O)c1cccc(OC(F)F)c1)OCC(=O)c1ccc(F)cc1. The highest BCUT2D eigenvalue weighted by molar-refractivity contribution is 5.98. The summed E-state index contributed by atoms with van der Waals surface area (Å²) in [5.74, 6) is -2.83. The first-order chi connectivity index (χ1) is 12.8. The lowest BCUT2D eigenvalue weighted by Gasteiger charge is -2.08. The summed E-state index contributed by atoms with van der Waals surface area (Å²) >= 11 is 0. The summed E-state index contributed by atoms with van der Waals surface area (Å²) < 4.78 is 46.0. The number of carbonyl (C=O) groups is 3. The Morgan fingerprint density at radius 2 is 1.70 bits per heavy atom. The first-order valence-corrected chi connectivity index (χ1v) is 7.62. The first kappa shape index (κ1) is 20.0. The molecule has 0 atom stereocenters. The van der Waals surface area contributed by atoms with Crippen molar-refractivity contribution in [3.63, 3.8) is 0 Å². The standard InChI is InChI=1S/C18H14F3NO5/c19-13-6-4-11(5-7-13)15(23)10-26-16(24)9-22-17(25)12-2-1-3-14(8-12)27-18(20)21/h1-8,18H,9-10H2,(H,22,25). The fraction of sp³-hybridized carbons (Fsp3) is 0.167. The number of rotatable bonds is 8. The number of esters is 1.